The number of sulfonamides is 1. The molecule has 29 heavy (non-hydrogen) atoms. The first kappa shape index (κ1) is 19.1. The fourth-order valence-corrected chi connectivity index (χ4v) is 4.11. The largest absolute Gasteiger partial charge is 0.493 e. The molecule has 0 spiro atoms. The van der Waals surface area contributed by atoms with Gasteiger partial charge in [-0.3, -0.25) is 4.72 Å². The summed E-state index contributed by atoms with van der Waals surface area (Å²) >= 11 is 0. The van der Waals surface area contributed by atoms with E-state index in [0.717, 1.165) is 29.9 Å². The molecule has 1 aromatic heterocycles. The molecule has 2 N–H and O–H groups in total. The van der Waals surface area contributed by atoms with E-state index in [-0.39, 0.29) is 16.6 Å². The summed E-state index contributed by atoms with van der Waals surface area (Å²) in [5.41, 5.74) is 0.801. The second-order valence-corrected chi connectivity index (χ2v) is 8.20. The fourth-order valence-electron chi connectivity index (χ4n) is 3.12. The number of nitrogens with one attached hydrogen (secondary N) is 2. The van der Waals surface area contributed by atoms with Crippen molar-refractivity contribution in [2.75, 3.05) is 16.6 Å². The van der Waals surface area contributed by atoms with Gasteiger partial charge in [-0.25, -0.2) is 22.2 Å². The van der Waals surface area contributed by atoms with Gasteiger partial charge >= 0.3 is 0 Å². The molecule has 6 nitrogen and oxygen atoms in total. The minimum Gasteiger partial charge on any atom is -0.493 e. The number of anilines is 2. The Morgan fingerprint density at radius 2 is 1.79 bits per heavy atom. The van der Waals surface area contributed by atoms with Crippen LogP contribution in [0, 0.1) is 11.6 Å². The molecule has 3 aromatic rings. The molecule has 0 bridgehead atoms. The fraction of sp³-hybridized carbons (Fsp3) is 0.150. The first-order valence-corrected chi connectivity index (χ1v) is 10.3. The maximum Gasteiger partial charge on any atom is 0.263 e. The molecule has 2 aromatic carbocycles. The Balaban J connectivity index is 1.50. The van der Waals surface area contributed by atoms with Crippen LogP contribution in [-0.4, -0.2) is 20.0 Å². The van der Waals surface area contributed by atoms with Gasteiger partial charge in [0.05, 0.1) is 18.3 Å². The lowest BCUT2D eigenvalue weighted by Crippen LogP contribution is -2.21. The van der Waals surface area contributed by atoms with Gasteiger partial charge in [0.2, 0.25) is 0 Å². The van der Waals surface area contributed by atoms with Crippen molar-refractivity contribution < 1.29 is 21.9 Å². The van der Waals surface area contributed by atoms with E-state index in [0.29, 0.717) is 18.5 Å². The molecular formula is C20H17F2N3O3S. The quantitative estimate of drug-likeness (QED) is 0.654. The van der Waals surface area contributed by atoms with E-state index in [9.17, 15) is 17.2 Å². The van der Waals surface area contributed by atoms with Crippen LogP contribution in [0.5, 0.6) is 5.75 Å². The minimum absolute atomic E-state index is 0.0108. The van der Waals surface area contributed by atoms with Gasteiger partial charge in [-0.2, -0.15) is 0 Å². The molecule has 1 aliphatic heterocycles. The third-order valence-corrected chi connectivity index (χ3v) is 5.81. The van der Waals surface area contributed by atoms with Gasteiger partial charge in [0.15, 0.2) is 0 Å². The first-order valence-electron chi connectivity index (χ1n) is 8.84. The van der Waals surface area contributed by atoms with E-state index in [1.165, 1.54) is 12.3 Å². The molecular weight excluding hydrogens is 400 g/mol. The van der Waals surface area contributed by atoms with Crippen molar-refractivity contribution in [3.05, 3.63) is 78.0 Å². The standard InChI is InChI=1S/C20H17F2N3O3S/c21-13-9-14(22)11-15(10-13)25-29(26,27)16-5-6-20(23-12-16)24-18-7-8-28-19-4-2-1-3-17(18)19/h1-6,9-12,18,25H,7-8H2,(H,23,24). The third kappa shape index (κ3) is 4.29. The Hall–Kier alpha value is -3.20. The van der Waals surface area contributed by atoms with Crippen LogP contribution in [0.4, 0.5) is 20.3 Å². The number of pyridine rings is 1. The van der Waals surface area contributed by atoms with Crippen LogP contribution in [0.25, 0.3) is 0 Å². The molecule has 0 amide bonds. The van der Waals surface area contributed by atoms with Gasteiger partial charge in [-0.1, -0.05) is 18.2 Å². The van der Waals surface area contributed by atoms with E-state index in [1.807, 2.05) is 24.3 Å². The van der Waals surface area contributed by atoms with Gasteiger partial charge in [-0.05, 0) is 30.3 Å². The summed E-state index contributed by atoms with van der Waals surface area (Å²) in [6.07, 6.45) is 1.93. The number of benzene rings is 2. The highest BCUT2D eigenvalue weighted by Gasteiger charge is 2.22. The van der Waals surface area contributed by atoms with Crippen molar-refractivity contribution in [1.82, 2.24) is 4.98 Å². The predicted molar refractivity (Wildman–Crippen MR) is 104 cm³/mol. The number of hydrogen-bond donors (Lipinski definition) is 2. The summed E-state index contributed by atoms with van der Waals surface area (Å²) < 4.78 is 59.2. The van der Waals surface area contributed by atoms with Crippen LogP contribution in [0.15, 0.2) is 65.7 Å². The number of ether oxygens (including phenoxy) is 1. The van der Waals surface area contributed by atoms with E-state index in [2.05, 4.69) is 15.0 Å². The maximum atomic E-state index is 13.3. The van der Waals surface area contributed by atoms with Crippen molar-refractivity contribution in [2.24, 2.45) is 0 Å². The average Bonchev–Trinajstić information content (AvgIpc) is 2.67. The molecule has 0 saturated carbocycles. The molecule has 0 radical (unpaired) electrons. The summed E-state index contributed by atoms with van der Waals surface area (Å²) in [4.78, 5) is 4.04. The lowest BCUT2D eigenvalue weighted by molar-refractivity contribution is 0.274. The number of halogens is 2. The number of hydrogen-bond acceptors (Lipinski definition) is 5. The topological polar surface area (TPSA) is 80.3 Å². The lowest BCUT2D eigenvalue weighted by Gasteiger charge is -2.27. The van der Waals surface area contributed by atoms with Gasteiger partial charge in [0.1, 0.15) is 28.1 Å². The van der Waals surface area contributed by atoms with Crippen LogP contribution in [0.1, 0.15) is 18.0 Å². The van der Waals surface area contributed by atoms with Gasteiger partial charge in [0, 0.05) is 24.2 Å². The highest BCUT2D eigenvalue weighted by molar-refractivity contribution is 7.92. The smallest absolute Gasteiger partial charge is 0.263 e. The Morgan fingerprint density at radius 3 is 2.52 bits per heavy atom. The number of fused-ring (bicyclic) bond motifs is 1. The van der Waals surface area contributed by atoms with Crippen molar-refractivity contribution in [3.8, 4) is 5.75 Å². The van der Waals surface area contributed by atoms with E-state index in [1.54, 1.807) is 6.07 Å². The van der Waals surface area contributed by atoms with Gasteiger partial charge in [0.25, 0.3) is 10.0 Å². The second kappa shape index (κ2) is 7.67. The zero-order valence-corrected chi connectivity index (χ0v) is 15.9. The normalized spacial score (nSPS) is 15.9. The Morgan fingerprint density at radius 1 is 1.03 bits per heavy atom. The molecule has 1 unspecified atom stereocenters. The Labute approximate surface area is 166 Å². The summed E-state index contributed by atoms with van der Waals surface area (Å²) in [5.74, 6) is -0.446. The number of rotatable bonds is 5. The Bertz CT molecular complexity index is 1120. The lowest BCUT2D eigenvalue weighted by atomic mass is 10.0. The third-order valence-electron chi connectivity index (χ3n) is 4.44. The molecule has 150 valence electrons. The Kier molecular flexibility index (Phi) is 5.06. The van der Waals surface area contributed by atoms with Crippen LogP contribution >= 0.6 is 0 Å². The SMILES string of the molecule is O=S(=O)(Nc1cc(F)cc(F)c1)c1ccc(NC2CCOc3ccccc32)nc1. The van der Waals surface area contributed by atoms with Crippen molar-refractivity contribution in [1.29, 1.82) is 0 Å². The molecule has 0 saturated heterocycles. The van der Waals surface area contributed by atoms with Crippen LogP contribution in [-0.2, 0) is 10.0 Å². The summed E-state index contributed by atoms with van der Waals surface area (Å²) in [6.45, 7) is 0.565. The number of para-hydroxylation sites is 1. The number of aromatic nitrogens is 1. The number of nitrogens with zero attached hydrogens (tertiary/aromatic N) is 1. The van der Waals surface area contributed by atoms with Crippen molar-refractivity contribution in [3.63, 3.8) is 0 Å². The monoisotopic (exact) mass is 417 g/mol. The van der Waals surface area contributed by atoms with E-state index in [4.69, 9.17) is 4.74 Å². The zero-order valence-electron chi connectivity index (χ0n) is 15.1. The maximum absolute atomic E-state index is 13.3. The summed E-state index contributed by atoms with van der Waals surface area (Å²) in [5, 5.41) is 3.27. The first-order chi connectivity index (χ1) is 13.9. The van der Waals surface area contributed by atoms with Crippen LogP contribution in [0.3, 0.4) is 0 Å². The highest BCUT2D eigenvalue weighted by atomic mass is 32.2. The van der Waals surface area contributed by atoms with Crippen LogP contribution < -0.4 is 14.8 Å². The highest BCUT2D eigenvalue weighted by Crippen LogP contribution is 2.33. The molecule has 2 heterocycles. The van der Waals surface area contributed by atoms with Gasteiger partial charge < -0.3 is 10.1 Å². The second-order valence-electron chi connectivity index (χ2n) is 6.51. The van der Waals surface area contributed by atoms with Crippen molar-refractivity contribution >= 4 is 21.5 Å². The van der Waals surface area contributed by atoms with Crippen molar-refractivity contribution in [2.45, 2.75) is 17.4 Å². The molecule has 1 aliphatic rings. The van der Waals surface area contributed by atoms with E-state index < -0.39 is 21.7 Å². The molecule has 0 fully saturated rings. The molecule has 9 heteroatoms. The zero-order chi connectivity index (χ0) is 20.4. The van der Waals surface area contributed by atoms with E-state index >= 15 is 0 Å². The van der Waals surface area contributed by atoms with Crippen LogP contribution in [0.2, 0.25) is 0 Å². The average molecular weight is 417 g/mol. The molecule has 4 rings (SSSR count). The van der Waals surface area contributed by atoms with Gasteiger partial charge in [-0.15, -0.1) is 0 Å². The molecule has 1 atom stereocenters. The predicted octanol–water partition coefficient (Wildman–Crippen LogP) is 4.10. The molecule has 0 aliphatic carbocycles. The summed E-state index contributed by atoms with van der Waals surface area (Å²) in [6, 6.07) is 13.0. The minimum atomic E-state index is -4.04. The summed E-state index contributed by atoms with van der Waals surface area (Å²) in [7, 11) is -4.04.